The summed E-state index contributed by atoms with van der Waals surface area (Å²) in [6, 6.07) is 27.9. The number of benzene rings is 4. The quantitative estimate of drug-likeness (QED) is 0.193. The summed E-state index contributed by atoms with van der Waals surface area (Å²) in [6.45, 7) is 2.03. The fourth-order valence-electron chi connectivity index (χ4n) is 5.13. The lowest BCUT2D eigenvalue weighted by atomic mass is 9.77. The third kappa shape index (κ3) is 5.31. The normalized spacial score (nSPS) is 13.1. The molecule has 0 aliphatic heterocycles. The van der Waals surface area contributed by atoms with E-state index in [0.29, 0.717) is 35.1 Å². The van der Waals surface area contributed by atoms with E-state index in [9.17, 15) is 25.5 Å². The number of aliphatic hydroxyl groups is 1. The Morgan fingerprint density at radius 3 is 1.11 bits per heavy atom. The number of hydrogen-bond acceptors (Lipinski definition) is 5. The van der Waals surface area contributed by atoms with Crippen LogP contribution >= 0.6 is 0 Å². The van der Waals surface area contributed by atoms with Gasteiger partial charge in [0.2, 0.25) is 0 Å². The van der Waals surface area contributed by atoms with Crippen LogP contribution in [0, 0.1) is 5.92 Å². The SMILES string of the molecule is CC(CCC(O)C(c1ccccc1O)c1ccccc1O)C(c1ccccc1O)c1ccccc1O. The second-order valence-electron chi connectivity index (χ2n) is 9.31. The summed E-state index contributed by atoms with van der Waals surface area (Å²) in [7, 11) is 0. The van der Waals surface area contributed by atoms with Gasteiger partial charge in [0.25, 0.3) is 0 Å². The number of para-hydroxylation sites is 4. The van der Waals surface area contributed by atoms with Crippen LogP contribution in [0.5, 0.6) is 23.0 Å². The van der Waals surface area contributed by atoms with Crippen LogP contribution in [0.3, 0.4) is 0 Å². The van der Waals surface area contributed by atoms with Crippen LogP contribution in [0.2, 0.25) is 0 Å². The van der Waals surface area contributed by atoms with E-state index in [4.69, 9.17) is 0 Å². The fraction of sp³-hybridized carbons (Fsp3) is 0.226. The minimum Gasteiger partial charge on any atom is -0.508 e. The lowest BCUT2D eigenvalue weighted by Crippen LogP contribution is -2.22. The van der Waals surface area contributed by atoms with Gasteiger partial charge in [0, 0.05) is 34.1 Å². The molecule has 0 saturated carbocycles. The Kier molecular flexibility index (Phi) is 7.81. The van der Waals surface area contributed by atoms with Crippen molar-refractivity contribution in [3.05, 3.63) is 119 Å². The van der Waals surface area contributed by atoms with E-state index in [-0.39, 0.29) is 34.8 Å². The van der Waals surface area contributed by atoms with Gasteiger partial charge >= 0.3 is 0 Å². The molecule has 5 N–H and O–H groups in total. The largest absolute Gasteiger partial charge is 0.508 e. The average Bonchev–Trinajstić information content (AvgIpc) is 2.87. The summed E-state index contributed by atoms with van der Waals surface area (Å²) in [6.07, 6.45) is 0.0294. The van der Waals surface area contributed by atoms with E-state index in [1.165, 1.54) is 0 Å². The van der Waals surface area contributed by atoms with E-state index < -0.39 is 12.0 Å². The van der Waals surface area contributed by atoms with Crippen LogP contribution in [0.25, 0.3) is 0 Å². The molecule has 0 aliphatic carbocycles. The first-order valence-electron chi connectivity index (χ1n) is 12.2. The molecule has 186 valence electrons. The van der Waals surface area contributed by atoms with E-state index in [2.05, 4.69) is 0 Å². The highest BCUT2D eigenvalue weighted by atomic mass is 16.3. The number of phenols is 4. The first kappa shape index (κ1) is 25.1. The van der Waals surface area contributed by atoms with E-state index in [1.54, 1.807) is 72.8 Å². The topological polar surface area (TPSA) is 101 Å². The lowest BCUT2D eigenvalue weighted by molar-refractivity contribution is 0.135. The monoisotopic (exact) mass is 484 g/mol. The van der Waals surface area contributed by atoms with Crippen LogP contribution in [-0.2, 0) is 0 Å². The molecule has 5 heteroatoms. The first-order chi connectivity index (χ1) is 17.4. The van der Waals surface area contributed by atoms with Gasteiger partial charge in [0.1, 0.15) is 23.0 Å². The van der Waals surface area contributed by atoms with Crippen molar-refractivity contribution < 1.29 is 25.5 Å². The van der Waals surface area contributed by atoms with Crippen LogP contribution in [0.4, 0.5) is 0 Å². The van der Waals surface area contributed by atoms with Gasteiger partial charge < -0.3 is 25.5 Å². The third-order valence-corrected chi connectivity index (χ3v) is 6.96. The molecular formula is C31H32O5. The Balaban J connectivity index is 1.64. The predicted molar refractivity (Wildman–Crippen MR) is 141 cm³/mol. The van der Waals surface area contributed by atoms with Crippen molar-refractivity contribution in [1.29, 1.82) is 0 Å². The predicted octanol–water partition coefficient (Wildman–Crippen LogP) is 6.25. The molecule has 0 radical (unpaired) electrons. The molecule has 4 aromatic carbocycles. The van der Waals surface area contributed by atoms with Gasteiger partial charge in [-0.15, -0.1) is 0 Å². The molecule has 4 rings (SSSR count). The highest BCUT2D eigenvalue weighted by molar-refractivity contribution is 5.48. The minimum absolute atomic E-state index is 0.0548. The minimum atomic E-state index is -0.900. The van der Waals surface area contributed by atoms with Crippen molar-refractivity contribution in [2.45, 2.75) is 37.7 Å². The zero-order chi connectivity index (χ0) is 25.7. The molecule has 2 unspecified atom stereocenters. The van der Waals surface area contributed by atoms with Gasteiger partial charge in [-0.1, -0.05) is 79.7 Å². The second-order valence-corrected chi connectivity index (χ2v) is 9.31. The molecule has 0 saturated heterocycles. The van der Waals surface area contributed by atoms with Crippen molar-refractivity contribution >= 4 is 0 Å². The molecule has 0 heterocycles. The summed E-state index contributed by atoms with van der Waals surface area (Å²) >= 11 is 0. The van der Waals surface area contributed by atoms with Crippen molar-refractivity contribution in [3.8, 4) is 23.0 Å². The average molecular weight is 485 g/mol. The number of aliphatic hydroxyl groups excluding tert-OH is 1. The summed E-state index contributed by atoms with van der Waals surface area (Å²) in [5, 5.41) is 53.8. The summed E-state index contributed by atoms with van der Waals surface area (Å²) in [4.78, 5) is 0. The molecule has 0 aliphatic rings. The van der Waals surface area contributed by atoms with E-state index >= 15 is 0 Å². The second kappa shape index (κ2) is 11.2. The Hall–Kier alpha value is -3.96. The van der Waals surface area contributed by atoms with Gasteiger partial charge in [0.15, 0.2) is 0 Å². The van der Waals surface area contributed by atoms with Crippen LogP contribution in [0.1, 0.15) is 53.9 Å². The van der Waals surface area contributed by atoms with Gasteiger partial charge in [-0.25, -0.2) is 0 Å². The molecule has 0 amide bonds. The molecule has 36 heavy (non-hydrogen) atoms. The highest BCUT2D eigenvalue weighted by Crippen LogP contribution is 2.44. The molecule has 5 nitrogen and oxygen atoms in total. The maximum absolute atomic E-state index is 11.4. The van der Waals surface area contributed by atoms with Crippen LogP contribution < -0.4 is 0 Å². The molecule has 0 aromatic heterocycles. The number of aromatic hydroxyl groups is 4. The Bertz CT molecular complexity index is 1110. The summed E-state index contributed by atoms with van der Waals surface area (Å²) < 4.78 is 0. The Morgan fingerprint density at radius 1 is 0.472 bits per heavy atom. The van der Waals surface area contributed by atoms with Crippen molar-refractivity contribution in [3.63, 3.8) is 0 Å². The van der Waals surface area contributed by atoms with Gasteiger partial charge in [0.05, 0.1) is 6.10 Å². The lowest BCUT2D eigenvalue weighted by Gasteiger charge is -2.29. The molecular weight excluding hydrogens is 452 g/mol. The van der Waals surface area contributed by atoms with Crippen molar-refractivity contribution in [2.75, 3.05) is 0 Å². The fourth-order valence-corrected chi connectivity index (χ4v) is 5.13. The van der Waals surface area contributed by atoms with Gasteiger partial charge in [-0.2, -0.15) is 0 Å². The Labute approximate surface area is 211 Å². The summed E-state index contributed by atoms with van der Waals surface area (Å²) in [5.41, 5.74) is 2.49. The molecule has 4 aromatic rings. The first-order valence-corrected chi connectivity index (χ1v) is 12.2. The zero-order valence-electron chi connectivity index (χ0n) is 20.2. The van der Waals surface area contributed by atoms with E-state index in [1.807, 2.05) is 31.2 Å². The van der Waals surface area contributed by atoms with Gasteiger partial charge in [-0.05, 0) is 43.0 Å². The standard InChI is InChI=1S/C31H32O5/c1-20(30(21-10-2-6-14-25(21)32)22-11-3-7-15-26(22)33)18-19-29(36)31(23-12-4-8-16-27(23)34)24-13-5-9-17-28(24)35/h2-17,20,29-36H,18-19H2,1H3. The van der Waals surface area contributed by atoms with Crippen LogP contribution in [-0.4, -0.2) is 31.6 Å². The third-order valence-electron chi connectivity index (χ3n) is 6.96. The maximum Gasteiger partial charge on any atom is 0.119 e. The number of rotatable bonds is 9. The smallest absolute Gasteiger partial charge is 0.119 e. The molecule has 0 fully saturated rings. The van der Waals surface area contributed by atoms with E-state index in [0.717, 1.165) is 0 Å². The maximum atomic E-state index is 11.4. The molecule has 0 bridgehead atoms. The molecule has 0 spiro atoms. The number of hydrogen-bond donors (Lipinski definition) is 5. The highest BCUT2D eigenvalue weighted by Gasteiger charge is 2.31. The van der Waals surface area contributed by atoms with Crippen molar-refractivity contribution in [2.24, 2.45) is 5.92 Å². The zero-order valence-corrected chi connectivity index (χ0v) is 20.2. The van der Waals surface area contributed by atoms with Gasteiger partial charge in [-0.3, -0.25) is 0 Å². The molecule has 2 atom stereocenters. The number of phenolic OH excluding ortho intramolecular Hbond substituents is 4. The van der Waals surface area contributed by atoms with Crippen molar-refractivity contribution in [1.82, 2.24) is 0 Å². The Morgan fingerprint density at radius 2 is 0.778 bits per heavy atom. The summed E-state index contributed by atoms with van der Waals surface area (Å²) in [5.74, 6) is -0.575. The van der Waals surface area contributed by atoms with Crippen LogP contribution in [0.15, 0.2) is 97.1 Å².